The van der Waals surface area contributed by atoms with Crippen LogP contribution < -0.4 is 15.5 Å². The first-order valence-corrected chi connectivity index (χ1v) is 9.50. The molecule has 0 saturated carbocycles. The van der Waals surface area contributed by atoms with Crippen molar-refractivity contribution in [2.45, 2.75) is 26.3 Å². The van der Waals surface area contributed by atoms with Gasteiger partial charge in [-0.05, 0) is 38.1 Å². The highest BCUT2D eigenvalue weighted by atomic mass is 35.5. The molecule has 1 aliphatic rings. The highest BCUT2D eigenvalue weighted by molar-refractivity contribution is 6.34. The number of nitrogens with zero attached hydrogens (tertiary/aromatic N) is 1. The zero-order valence-electron chi connectivity index (χ0n) is 15.7. The predicted octanol–water partition coefficient (Wildman–Crippen LogP) is 3.47. The molecule has 1 saturated heterocycles. The maximum atomic E-state index is 12.8. The van der Waals surface area contributed by atoms with Gasteiger partial charge in [-0.25, -0.2) is 0 Å². The molecular formula is C21H22ClN3O3. The van der Waals surface area contributed by atoms with Gasteiger partial charge in [0.15, 0.2) is 0 Å². The van der Waals surface area contributed by atoms with Crippen LogP contribution in [-0.2, 0) is 9.59 Å². The lowest BCUT2D eigenvalue weighted by Gasteiger charge is -2.18. The highest BCUT2D eigenvalue weighted by Crippen LogP contribution is 2.31. The van der Waals surface area contributed by atoms with Crippen molar-refractivity contribution in [3.8, 4) is 0 Å². The van der Waals surface area contributed by atoms with Crippen LogP contribution in [0.1, 0.15) is 30.6 Å². The second-order valence-electron chi connectivity index (χ2n) is 7.02. The van der Waals surface area contributed by atoms with Crippen LogP contribution in [0.15, 0.2) is 48.5 Å². The van der Waals surface area contributed by atoms with Gasteiger partial charge in [0, 0.05) is 19.0 Å². The van der Waals surface area contributed by atoms with Gasteiger partial charge < -0.3 is 15.5 Å². The predicted molar refractivity (Wildman–Crippen MR) is 110 cm³/mol. The van der Waals surface area contributed by atoms with Crippen molar-refractivity contribution in [2.75, 3.05) is 16.8 Å². The Morgan fingerprint density at radius 3 is 2.50 bits per heavy atom. The standard InChI is InChI=1S/C21H22ClN3O3/c1-13(2)23-21(28)15-7-3-5-9-17(15)24-20(27)14-11-19(26)25(12-14)18-10-6-4-8-16(18)22/h3-10,13-14H,11-12H2,1-2H3,(H,23,28)(H,24,27)/t14-/m0/s1. The molecule has 3 rings (SSSR count). The summed E-state index contributed by atoms with van der Waals surface area (Å²) < 4.78 is 0. The van der Waals surface area contributed by atoms with E-state index in [9.17, 15) is 14.4 Å². The second kappa shape index (κ2) is 8.44. The van der Waals surface area contributed by atoms with Crippen molar-refractivity contribution in [3.63, 3.8) is 0 Å². The average molecular weight is 400 g/mol. The van der Waals surface area contributed by atoms with Crippen molar-refractivity contribution in [3.05, 3.63) is 59.1 Å². The average Bonchev–Trinajstić information content (AvgIpc) is 3.03. The van der Waals surface area contributed by atoms with E-state index < -0.39 is 5.92 Å². The van der Waals surface area contributed by atoms with Crippen LogP contribution in [0.25, 0.3) is 0 Å². The van der Waals surface area contributed by atoms with Crippen LogP contribution in [0.2, 0.25) is 5.02 Å². The number of hydrogen-bond donors (Lipinski definition) is 2. The van der Waals surface area contributed by atoms with Crippen LogP contribution in [0, 0.1) is 5.92 Å². The maximum Gasteiger partial charge on any atom is 0.253 e. The number of rotatable bonds is 5. The number of carbonyl (C=O) groups is 3. The summed E-state index contributed by atoms with van der Waals surface area (Å²) in [5.41, 5.74) is 1.41. The first-order chi connectivity index (χ1) is 13.4. The summed E-state index contributed by atoms with van der Waals surface area (Å²) in [4.78, 5) is 39.1. The van der Waals surface area contributed by atoms with Gasteiger partial charge in [0.25, 0.3) is 5.91 Å². The molecule has 1 fully saturated rings. The normalized spacial score (nSPS) is 16.4. The van der Waals surface area contributed by atoms with Crippen molar-refractivity contribution in [1.82, 2.24) is 5.32 Å². The van der Waals surface area contributed by atoms with E-state index in [1.165, 1.54) is 4.90 Å². The number of benzene rings is 2. The van der Waals surface area contributed by atoms with E-state index in [2.05, 4.69) is 10.6 Å². The fraction of sp³-hybridized carbons (Fsp3) is 0.286. The zero-order valence-corrected chi connectivity index (χ0v) is 16.5. The number of halogens is 1. The molecule has 0 spiro atoms. The van der Waals surface area contributed by atoms with Crippen LogP contribution in [0.4, 0.5) is 11.4 Å². The molecule has 0 aliphatic carbocycles. The Hall–Kier alpha value is -2.86. The lowest BCUT2D eigenvalue weighted by Crippen LogP contribution is -2.32. The first-order valence-electron chi connectivity index (χ1n) is 9.12. The molecule has 0 radical (unpaired) electrons. The summed E-state index contributed by atoms with van der Waals surface area (Å²) in [7, 11) is 0. The van der Waals surface area contributed by atoms with Gasteiger partial charge in [0.05, 0.1) is 27.9 Å². The summed E-state index contributed by atoms with van der Waals surface area (Å²) >= 11 is 6.18. The fourth-order valence-electron chi connectivity index (χ4n) is 3.15. The third-order valence-corrected chi connectivity index (χ3v) is 4.81. The van der Waals surface area contributed by atoms with Crippen LogP contribution in [0.3, 0.4) is 0 Å². The molecule has 1 heterocycles. The Bertz CT molecular complexity index is 913. The summed E-state index contributed by atoms with van der Waals surface area (Å²) in [6.07, 6.45) is 0.0947. The summed E-state index contributed by atoms with van der Waals surface area (Å²) in [5.74, 6) is -1.23. The Balaban J connectivity index is 1.74. The molecule has 2 aromatic carbocycles. The van der Waals surface area contributed by atoms with E-state index in [1.807, 2.05) is 13.8 Å². The van der Waals surface area contributed by atoms with Crippen molar-refractivity contribution in [2.24, 2.45) is 5.92 Å². The molecule has 2 N–H and O–H groups in total. The van der Waals surface area contributed by atoms with Gasteiger partial charge in [-0.1, -0.05) is 35.9 Å². The second-order valence-corrected chi connectivity index (χ2v) is 7.43. The number of hydrogen-bond acceptors (Lipinski definition) is 3. The molecule has 1 aliphatic heterocycles. The Morgan fingerprint density at radius 2 is 1.79 bits per heavy atom. The monoisotopic (exact) mass is 399 g/mol. The maximum absolute atomic E-state index is 12.8. The quantitative estimate of drug-likeness (QED) is 0.808. The Morgan fingerprint density at radius 1 is 1.11 bits per heavy atom. The highest BCUT2D eigenvalue weighted by Gasteiger charge is 2.36. The third kappa shape index (κ3) is 4.34. The number of carbonyl (C=O) groups excluding carboxylic acids is 3. The lowest BCUT2D eigenvalue weighted by atomic mass is 10.1. The molecule has 0 bridgehead atoms. The van der Waals surface area contributed by atoms with Crippen molar-refractivity contribution < 1.29 is 14.4 Å². The van der Waals surface area contributed by atoms with Crippen molar-refractivity contribution in [1.29, 1.82) is 0 Å². The molecule has 28 heavy (non-hydrogen) atoms. The van der Waals surface area contributed by atoms with E-state index in [0.717, 1.165) is 0 Å². The van der Waals surface area contributed by atoms with Gasteiger partial charge in [-0.15, -0.1) is 0 Å². The minimum atomic E-state index is -0.523. The third-order valence-electron chi connectivity index (χ3n) is 4.49. The van der Waals surface area contributed by atoms with E-state index in [4.69, 9.17) is 11.6 Å². The molecule has 6 nitrogen and oxygen atoms in total. The minimum absolute atomic E-state index is 0.0205. The van der Waals surface area contributed by atoms with E-state index in [0.29, 0.717) is 22.0 Å². The van der Waals surface area contributed by atoms with Crippen LogP contribution in [0.5, 0.6) is 0 Å². The molecule has 1 atom stereocenters. The molecular weight excluding hydrogens is 378 g/mol. The number of amides is 3. The molecule has 146 valence electrons. The van der Waals surface area contributed by atoms with Gasteiger partial charge in [-0.3, -0.25) is 14.4 Å². The number of anilines is 2. The molecule has 0 unspecified atom stereocenters. The van der Waals surface area contributed by atoms with Crippen molar-refractivity contribution >= 4 is 40.7 Å². The SMILES string of the molecule is CC(C)NC(=O)c1ccccc1NC(=O)[C@H]1CC(=O)N(c2ccccc2Cl)C1. The Kier molecular flexibility index (Phi) is 5.99. The molecule has 3 amide bonds. The topological polar surface area (TPSA) is 78.5 Å². The van der Waals surface area contributed by atoms with Gasteiger partial charge in [0.2, 0.25) is 11.8 Å². The first kappa shape index (κ1) is 19.9. The number of para-hydroxylation sites is 2. The van der Waals surface area contributed by atoms with E-state index >= 15 is 0 Å². The van der Waals surface area contributed by atoms with Crippen LogP contribution >= 0.6 is 11.6 Å². The van der Waals surface area contributed by atoms with Gasteiger partial charge in [-0.2, -0.15) is 0 Å². The molecule has 2 aromatic rings. The van der Waals surface area contributed by atoms with E-state index in [1.54, 1.807) is 48.5 Å². The minimum Gasteiger partial charge on any atom is -0.350 e. The zero-order chi connectivity index (χ0) is 20.3. The molecule has 7 heteroatoms. The largest absolute Gasteiger partial charge is 0.350 e. The lowest BCUT2D eigenvalue weighted by molar-refractivity contribution is -0.122. The summed E-state index contributed by atoms with van der Waals surface area (Å²) in [6.45, 7) is 3.98. The fourth-order valence-corrected chi connectivity index (χ4v) is 3.39. The summed E-state index contributed by atoms with van der Waals surface area (Å²) in [5, 5.41) is 6.08. The van der Waals surface area contributed by atoms with Gasteiger partial charge in [0.1, 0.15) is 0 Å². The summed E-state index contributed by atoms with van der Waals surface area (Å²) in [6, 6.07) is 13.8. The number of nitrogens with one attached hydrogen (secondary N) is 2. The Labute approximate surface area is 168 Å². The van der Waals surface area contributed by atoms with Gasteiger partial charge >= 0.3 is 0 Å². The van der Waals surface area contributed by atoms with E-state index in [-0.39, 0.29) is 36.7 Å². The smallest absolute Gasteiger partial charge is 0.253 e. The van der Waals surface area contributed by atoms with Crippen LogP contribution in [-0.4, -0.2) is 30.3 Å². The molecule has 0 aromatic heterocycles.